The van der Waals surface area contributed by atoms with Gasteiger partial charge in [0.05, 0.1) is 0 Å². The van der Waals surface area contributed by atoms with Crippen molar-refractivity contribution in [3.05, 3.63) is 35.9 Å². The van der Waals surface area contributed by atoms with Crippen LogP contribution in [0.1, 0.15) is 74.5 Å². The molecule has 0 spiro atoms. The number of sulfone groups is 1. The molecule has 2 aromatic rings. The van der Waals surface area contributed by atoms with Crippen LogP contribution in [0.3, 0.4) is 0 Å². The van der Waals surface area contributed by atoms with E-state index in [4.69, 9.17) is 4.52 Å². The number of rotatable bonds is 8. The lowest BCUT2D eigenvalue weighted by Gasteiger charge is -2.72. The quantitative estimate of drug-likeness (QED) is 0.591. The third-order valence-corrected chi connectivity index (χ3v) is 10.5. The van der Waals surface area contributed by atoms with Crippen LogP contribution < -0.4 is 10.2 Å². The van der Waals surface area contributed by atoms with Crippen LogP contribution in [0.25, 0.3) is 0 Å². The zero-order chi connectivity index (χ0) is 24.5. The summed E-state index contributed by atoms with van der Waals surface area (Å²) in [6, 6.07) is 5.51. The van der Waals surface area contributed by atoms with Crippen LogP contribution in [0.5, 0.6) is 0 Å². The molecule has 5 heterocycles. The molecule has 1 amide bonds. The molecule has 3 saturated heterocycles. The fourth-order valence-electron chi connectivity index (χ4n) is 6.52. The van der Waals surface area contributed by atoms with Crippen molar-refractivity contribution in [2.24, 2.45) is 5.92 Å². The molecule has 4 fully saturated rings. The van der Waals surface area contributed by atoms with Gasteiger partial charge in [-0.3, -0.25) is 9.69 Å². The Kier molecular flexibility index (Phi) is 5.27. The van der Waals surface area contributed by atoms with Gasteiger partial charge in [-0.1, -0.05) is 19.0 Å². The topological polar surface area (TPSA) is 109 Å². The largest absolute Gasteiger partial charge is 0.360 e. The lowest BCUT2D eigenvalue weighted by Crippen LogP contribution is -2.84. The first kappa shape index (κ1) is 23.0. The van der Waals surface area contributed by atoms with Crippen molar-refractivity contribution >= 4 is 21.6 Å². The summed E-state index contributed by atoms with van der Waals surface area (Å²) in [5.74, 6) is 1.93. The number of aromatic nitrogens is 2. The Balaban J connectivity index is 1.15. The second-order valence-corrected chi connectivity index (χ2v) is 13.4. The van der Waals surface area contributed by atoms with Crippen LogP contribution in [0.2, 0.25) is 0 Å². The minimum absolute atomic E-state index is 0.0157. The lowest BCUT2D eigenvalue weighted by molar-refractivity contribution is -0.176. The monoisotopic (exact) mass is 499 g/mol. The summed E-state index contributed by atoms with van der Waals surface area (Å²) in [7, 11) is -1.68. The predicted molar refractivity (Wildman–Crippen MR) is 130 cm³/mol. The number of anilines is 1. The van der Waals surface area contributed by atoms with Crippen LogP contribution in [0, 0.1) is 5.92 Å². The second kappa shape index (κ2) is 8.03. The Labute approximate surface area is 206 Å². The van der Waals surface area contributed by atoms with Crippen LogP contribution in [-0.4, -0.2) is 66.0 Å². The molecule has 3 aliphatic heterocycles. The molecule has 0 radical (unpaired) electrons. The standard InChI is InChI=1S/C25H33N5O4S/c1-15(2)14-29(3)23-22(5-4-8-26-23)35(32,33)25-12-18-9-17(10-19(13-25)30(18)25)27-24(31)20-11-21(34-28-20)16-6-7-16/h4-5,8,11,15-19H,6-7,9-10,12-14H2,1-3H3,(H,27,31). The van der Waals surface area contributed by atoms with Gasteiger partial charge in [-0.05, 0) is 56.6 Å². The molecule has 0 bridgehead atoms. The summed E-state index contributed by atoms with van der Waals surface area (Å²) in [5, 5.41) is 7.07. The van der Waals surface area contributed by atoms with E-state index in [2.05, 4.69) is 34.2 Å². The van der Waals surface area contributed by atoms with Crippen molar-refractivity contribution in [1.29, 1.82) is 0 Å². The Morgan fingerprint density at radius 2 is 2.00 bits per heavy atom. The molecule has 35 heavy (non-hydrogen) atoms. The third-order valence-electron chi connectivity index (χ3n) is 8.10. The van der Waals surface area contributed by atoms with Crippen molar-refractivity contribution in [3.8, 4) is 0 Å². The number of hydrogen-bond donors (Lipinski definition) is 1. The van der Waals surface area contributed by atoms with Crippen molar-refractivity contribution in [3.63, 3.8) is 0 Å². The van der Waals surface area contributed by atoms with Gasteiger partial charge in [0.1, 0.15) is 21.3 Å². The average molecular weight is 500 g/mol. The molecule has 2 aromatic heterocycles. The van der Waals surface area contributed by atoms with Gasteiger partial charge < -0.3 is 14.7 Å². The van der Waals surface area contributed by atoms with Gasteiger partial charge in [0.15, 0.2) is 5.69 Å². The van der Waals surface area contributed by atoms with E-state index in [0.29, 0.717) is 41.1 Å². The molecular weight excluding hydrogens is 466 g/mol. The maximum Gasteiger partial charge on any atom is 0.273 e. The first-order valence-electron chi connectivity index (χ1n) is 12.7. The molecule has 2 atom stereocenters. The molecule has 10 heteroatoms. The highest BCUT2D eigenvalue weighted by Crippen LogP contribution is 2.61. The second-order valence-electron chi connectivity index (χ2n) is 11.2. The zero-order valence-corrected chi connectivity index (χ0v) is 21.3. The molecular formula is C25H33N5O4S. The van der Waals surface area contributed by atoms with E-state index < -0.39 is 14.7 Å². The van der Waals surface area contributed by atoms with Crippen molar-refractivity contribution in [2.45, 2.75) is 86.2 Å². The van der Waals surface area contributed by atoms with E-state index in [1.54, 1.807) is 24.4 Å². The van der Waals surface area contributed by atoms with E-state index in [1.165, 1.54) is 0 Å². The lowest BCUT2D eigenvalue weighted by atomic mass is 9.67. The Hall–Kier alpha value is -2.46. The summed E-state index contributed by atoms with van der Waals surface area (Å²) in [5.41, 5.74) is 0.336. The van der Waals surface area contributed by atoms with Gasteiger partial charge in [-0.25, -0.2) is 13.4 Å². The molecule has 4 aliphatic rings. The molecule has 1 aliphatic carbocycles. The maximum atomic E-state index is 14.0. The predicted octanol–water partition coefficient (Wildman–Crippen LogP) is 2.95. The molecule has 6 rings (SSSR count). The van der Waals surface area contributed by atoms with E-state index in [-0.39, 0.29) is 24.0 Å². The number of pyridine rings is 1. The number of carbonyl (C=O) groups is 1. The van der Waals surface area contributed by atoms with Gasteiger partial charge in [0.2, 0.25) is 9.84 Å². The first-order chi connectivity index (χ1) is 16.7. The van der Waals surface area contributed by atoms with Gasteiger partial charge in [-0.15, -0.1) is 0 Å². The normalized spacial score (nSPS) is 29.8. The zero-order valence-electron chi connectivity index (χ0n) is 20.5. The Morgan fingerprint density at radius 3 is 2.66 bits per heavy atom. The van der Waals surface area contributed by atoms with Crippen molar-refractivity contribution in [1.82, 2.24) is 20.4 Å². The molecule has 2 unspecified atom stereocenters. The van der Waals surface area contributed by atoms with Gasteiger partial charge in [0.25, 0.3) is 5.91 Å². The highest BCUT2D eigenvalue weighted by Gasteiger charge is 2.72. The molecule has 1 N–H and O–H groups in total. The number of piperidine rings is 2. The fraction of sp³-hybridized carbons (Fsp3) is 0.640. The maximum absolute atomic E-state index is 14.0. The summed E-state index contributed by atoms with van der Waals surface area (Å²) >= 11 is 0. The van der Waals surface area contributed by atoms with E-state index in [0.717, 1.165) is 38.0 Å². The third kappa shape index (κ3) is 3.59. The number of hydrogen-bond acceptors (Lipinski definition) is 8. The van der Waals surface area contributed by atoms with Crippen LogP contribution in [0.4, 0.5) is 5.82 Å². The fourth-order valence-corrected chi connectivity index (χ4v) is 9.04. The van der Waals surface area contributed by atoms with E-state index >= 15 is 0 Å². The van der Waals surface area contributed by atoms with E-state index in [1.807, 2.05) is 11.9 Å². The first-order valence-corrected chi connectivity index (χ1v) is 14.1. The number of nitrogens with zero attached hydrogens (tertiary/aromatic N) is 4. The Bertz CT molecular complexity index is 1240. The minimum Gasteiger partial charge on any atom is -0.360 e. The molecule has 9 nitrogen and oxygen atoms in total. The van der Waals surface area contributed by atoms with Gasteiger partial charge in [0, 0.05) is 49.9 Å². The SMILES string of the molecule is CC(C)CN(C)c1ncccc1S(=O)(=O)C12CC3CC(NC(=O)c4cc(C5CC5)on4)CC(C1)N32. The summed E-state index contributed by atoms with van der Waals surface area (Å²) in [6.45, 7) is 4.95. The minimum atomic E-state index is -3.59. The molecule has 0 aromatic carbocycles. The smallest absolute Gasteiger partial charge is 0.273 e. The number of amides is 1. The van der Waals surface area contributed by atoms with Crippen LogP contribution >= 0.6 is 0 Å². The van der Waals surface area contributed by atoms with E-state index in [9.17, 15) is 13.2 Å². The molecule has 188 valence electrons. The summed E-state index contributed by atoms with van der Waals surface area (Å²) < 4.78 is 33.2. The average Bonchev–Trinajstić information content (AvgIpc) is 3.51. The van der Waals surface area contributed by atoms with Crippen LogP contribution in [-0.2, 0) is 9.84 Å². The summed E-state index contributed by atoms with van der Waals surface area (Å²) in [6.07, 6.45) is 6.54. The molecule has 1 saturated carbocycles. The van der Waals surface area contributed by atoms with Crippen molar-refractivity contribution < 1.29 is 17.7 Å². The highest BCUT2D eigenvalue weighted by atomic mass is 32.2. The Morgan fingerprint density at radius 1 is 1.29 bits per heavy atom. The van der Waals surface area contributed by atoms with Gasteiger partial charge >= 0.3 is 0 Å². The van der Waals surface area contributed by atoms with Crippen molar-refractivity contribution in [2.75, 3.05) is 18.5 Å². The highest BCUT2D eigenvalue weighted by molar-refractivity contribution is 7.93. The van der Waals surface area contributed by atoms with Gasteiger partial charge in [-0.2, -0.15) is 0 Å². The number of nitrogens with one attached hydrogen (secondary N) is 1. The summed E-state index contributed by atoms with van der Waals surface area (Å²) in [4.78, 5) is 20.8. The van der Waals surface area contributed by atoms with Crippen LogP contribution in [0.15, 0.2) is 33.8 Å². The number of carbonyl (C=O) groups excluding carboxylic acids is 1.